The average Bonchev–Trinajstić information content (AvgIpc) is 3.36. The molecule has 7 nitrogen and oxygen atoms in total. The predicted molar refractivity (Wildman–Crippen MR) is 119 cm³/mol. The van der Waals surface area contributed by atoms with Gasteiger partial charge >= 0.3 is 0 Å². The van der Waals surface area contributed by atoms with E-state index >= 15 is 0 Å². The number of H-pyrrole nitrogens is 1. The number of ether oxygens (including phenoxy) is 2. The van der Waals surface area contributed by atoms with Crippen LogP contribution in [0.2, 0.25) is 0 Å². The van der Waals surface area contributed by atoms with Crippen molar-refractivity contribution >= 4 is 11.0 Å². The Morgan fingerprint density at radius 2 is 2.10 bits per heavy atom. The number of phenolic OH excluding ortho intramolecular Hbond substituents is 1. The highest BCUT2D eigenvalue weighted by Crippen LogP contribution is 2.37. The number of rotatable bonds is 5. The molecule has 0 spiro atoms. The smallest absolute Gasteiger partial charge is 0.160 e. The van der Waals surface area contributed by atoms with Crippen molar-refractivity contribution in [1.82, 2.24) is 20.5 Å². The number of aromatic nitrogens is 3. The van der Waals surface area contributed by atoms with Gasteiger partial charge in [-0.3, -0.25) is 0 Å². The van der Waals surface area contributed by atoms with Crippen molar-refractivity contribution < 1.29 is 14.6 Å². The standard InChI is InChI=1S/C24H30N4O3/c1-25-16-11-15(8-10-30-14-16)23-19(12-17-5-4-9-31-17)20-13-21(27-28-24(20)26-23)18-6-2-3-7-22(18)29/h2-3,6-7,13,15-17,25,29H,4-5,8-12,14H2,1H3,(H,26,28)/t15-,16+,17+/m0/s1. The molecule has 2 fully saturated rings. The number of likely N-dealkylation sites (N-methyl/N-ethyl adjacent to an activating group) is 1. The summed E-state index contributed by atoms with van der Waals surface area (Å²) in [5.41, 5.74) is 4.69. The summed E-state index contributed by atoms with van der Waals surface area (Å²) in [6.45, 7) is 2.34. The molecule has 3 atom stereocenters. The SMILES string of the molecule is CN[C@H]1COCC[C@H](c2[nH]c3nnc(-c4ccccc4O)cc3c2C[C@H]2CCCO2)C1. The number of para-hydroxylation sites is 1. The Morgan fingerprint density at radius 1 is 1.19 bits per heavy atom. The van der Waals surface area contributed by atoms with E-state index in [1.54, 1.807) is 6.07 Å². The maximum Gasteiger partial charge on any atom is 0.160 e. The van der Waals surface area contributed by atoms with E-state index in [2.05, 4.69) is 26.6 Å². The normalized spacial score (nSPS) is 24.5. The lowest BCUT2D eigenvalue weighted by Gasteiger charge is -2.20. The predicted octanol–water partition coefficient (Wildman–Crippen LogP) is 3.53. The van der Waals surface area contributed by atoms with Gasteiger partial charge in [0.1, 0.15) is 5.75 Å². The summed E-state index contributed by atoms with van der Waals surface area (Å²) in [6, 6.07) is 9.66. The highest BCUT2D eigenvalue weighted by atomic mass is 16.5. The molecule has 0 unspecified atom stereocenters. The third-order valence-corrected chi connectivity index (χ3v) is 6.65. The lowest BCUT2D eigenvalue weighted by molar-refractivity contribution is 0.111. The van der Waals surface area contributed by atoms with Crippen molar-refractivity contribution in [2.24, 2.45) is 0 Å². The van der Waals surface area contributed by atoms with Crippen molar-refractivity contribution in [2.75, 3.05) is 26.9 Å². The number of aromatic amines is 1. The summed E-state index contributed by atoms with van der Waals surface area (Å²) in [6.07, 6.45) is 5.30. The van der Waals surface area contributed by atoms with Crippen LogP contribution in [0.25, 0.3) is 22.3 Å². The van der Waals surface area contributed by atoms with Crippen LogP contribution in [0.1, 0.15) is 42.9 Å². The molecule has 3 aromatic rings. The molecule has 2 saturated heterocycles. The monoisotopic (exact) mass is 422 g/mol. The molecule has 4 heterocycles. The Kier molecular flexibility index (Phi) is 5.89. The Balaban J connectivity index is 1.59. The lowest BCUT2D eigenvalue weighted by atomic mass is 9.89. The number of hydrogen-bond donors (Lipinski definition) is 3. The molecule has 2 aliphatic heterocycles. The van der Waals surface area contributed by atoms with Gasteiger partial charge in [-0.1, -0.05) is 12.1 Å². The average molecular weight is 423 g/mol. The molecule has 0 saturated carbocycles. The molecule has 0 bridgehead atoms. The van der Waals surface area contributed by atoms with E-state index in [1.165, 1.54) is 11.3 Å². The van der Waals surface area contributed by atoms with E-state index in [4.69, 9.17) is 9.47 Å². The van der Waals surface area contributed by atoms with Crippen LogP contribution in [0.3, 0.4) is 0 Å². The Labute approximate surface area is 182 Å². The fraction of sp³-hybridized carbons (Fsp3) is 0.500. The highest BCUT2D eigenvalue weighted by Gasteiger charge is 2.28. The molecule has 0 aliphatic carbocycles. The molecule has 164 valence electrons. The third-order valence-electron chi connectivity index (χ3n) is 6.65. The number of aromatic hydroxyl groups is 1. The minimum absolute atomic E-state index is 0.213. The van der Waals surface area contributed by atoms with Crippen molar-refractivity contribution in [3.63, 3.8) is 0 Å². The van der Waals surface area contributed by atoms with Crippen LogP contribution >= 0.6 is 0 Å². The largest absolute Gasteiger partial charge is 0.507 e. The first kappa shape index (κ1) is 20.4. The maximum atomic E-state index is 10.3. The summed E-state index contributed by atoms with van der Waals surface area (Å²) < 4.78 is 11.8. The van der Waals surface area contributed by atoms with Gasteiger partial charge < -0.3 is 24.9 Å². The van der Waals surface area contributed by atoms with Crippen LogP contribution in [-0.4, -0.2) is 59.3 Å². The molecule has 3 N–H and O–H groups in total. The van der Waals surface area contributed by atoms with Gasteiger partial charge in [0.25, 0.3) is 0 Å². The number of nitrogens with zero attached hydrogens (tertiary/aromatic N) is 2. The zero-order valence-corrected chi connectivity index (χ0v) is 17.9. The molecule has 2 aromatic heterocycles. The first-order chi connectivity index (χ1) is 15.2. The topological polar surface area (TPSA) is 92.3 Å². The Bertz CT molecular complexity index is 1040. The first-order valence-corrected chi connectivity index (χ1v) is 11.3. The highest BCUT2D eigenvalue weighted by molar-refractivity contribution is 5.85. The van der Waals surface area contributed by atoms with Gasteiger partial charge in [0.15, 0.2) is 5.65 Å². The van der Waals surface area contributed by atoms with Gasteiger partial charge in [0, 0.05) is 48.2 Å². The minimum atomic E-state index is 0.213. The summed E-state index contributed by atoms with van der Waals surface area (Å²) in [5, 5.41) is 23.7. The van der Waals surface area contributed by atoms with Gasteiger partial charge in [-0.2, -0.15) is 0 Å². The molecule has 1 aromatic carbocycles. The van der Waals surface area contributed by atoms with Crippen molar-refractivity contribution in [3.05, 3.63) is 41.6 Å². The Hall–Kier alpha value is -2.48. The zero-order chi connectivity index (χ0) is 21.2. The third kappa shape index (κ3) is 4.18. The number of phenols is 1. The van der Waals surface area contributed by atoms with Crippen LogP contribution < -0.4 is 5.32 Å². The second-order valence-corrected chi connectivity index (χ2v) is 8.65. The van der Waals surface area contributed by atoms with Gasteiger partial charge in [-0.05, 0) is 56.5 Å². The van der Waals surface area contributed by atoms with Crippen molar-refractivity contribution in [3.8, 4) is 17.0 Å². The van der Waals surface area contributed by atoms with Gasteiger partial charge in [-0.25, -0.2) is 0 Å². The molecule has 0 amide bonds. The second kappa shape index (κ2) is 8.94. The van der Waals surface area contributed by atoms with Gasteiger partial charge in [-0.15, -0.1) is 10.2 Å². The van der Waals surface area contributed by atoms with E-state index in [0.717, 1.165) is 63.0 Å². The van der Waals surface area contributed by atoms with Gasteiger partial charge in [0.05, 0.1) is 18.4 Å². The quantitative estimate of drug-likeness (QED) is 0.583. The summed E-state index contributed by atoms with van der Waals surface area (Å²) in [5.74, 6) is 0.574. The molecule has 0 radical (unpaired) electrons. The number of hydrogen-bond acceptors (Lipinski definition) is 6. The van der Waals surface area contributed by atoms with Crippen LogP contribution in [0.5, 0.6) is 5.75 Å². The fourth-order valence-electron chi connectivity index (χ4n) is 4.93. The summed E-state index contributed by atoms with van der Waals surface area (Å²) in [7, 11) is 2.00. The van der Waals surface area contributed by atoms with E-state index in [1.807, 2.05) is 25.2 Å². The molecule has 31 heavy (non-hydrogen) atoms. The zero-order valence-electron chi connectivity index (χ0n) is 17.9. The fourth-order valence-corrected chi connectivity index (χ4v) is 4.93. The number of nitrogens with one attached hydrogen (secondary N) is 2. The van der Waals surface area contributed by atoms with Crippen LogP contribution in [-0.2, 0) is 15.9 Å². The minimum Gasteiger partial charge on any atom is -0.507 e. The second-order valence-electron chi connectivity index (χ2n) is 8.65. The first-order valence-electron chi connectivity index (χ1n) is 11.3. The summed E-state index contributed by atoms with van der Waals surface area (Å²) in [4.78, 5) is 3.60. The van der Waals surface area contributed by atoms with E-state index in [9.17, 15) is 5.11 Å². The van der Waals surface area contributed by atoms with Crippen molar-refractivity contribution in [2.45, 2.75) is 50.2 Å². The van der Waals surface area contributed by atoms with Crippen LogP contribution in [0, 0.1) is 0 Å². The Morgan fingerprint density at radius 3 is 2.90 bits per heavy atom. The van der Waals surface area contributed by atoms with Crippen LogP contribution in [0.15, 0.2) is 30.3 Å². The molecule has 2 aliphatic rings. The van der Waals surface area contributed by atoms with E-state index < -0.39 is 0 Å². The number of benzene rings is 1. The maximum absolute atomic E-state index is 10.3. The summed E-state index contributed by atoms with van der Waals surface area (Å²) >= 11 is 0. The van der Waals surface area contributed by atoms with Gasteiger partial charge in [0.2, 0.25) is 0 Å². The van der Waals surface area contributed by atoms with Crippen molar-refractivity contribution in [1.29, 1.82) is 0 Å². The molecular weight excluding hydrogens is 392 g/mol. The number of fused-ring (bicyclic) bond motifs is 1. The molecule has 7 heteroatoms. The van der Waals surface area contributed by atoms with E-state index in [0.29, 0.717) is 23.2 Å². The van der Waals surface area contributed by atoms with Crippen LogP contribution in [0.4, 0.5) is 0 Å². The van der Waals surface area contributed by atoms with E-state index in [-0.39, 0.29) is 11.9 Å². The molecular formula is C24H30N4O3. The molecule has 5 rings (SSSR count). The lowest BCUT2D eigenvalue weighted by Crippen LogP contribution is -2.30.